The van der Waals surface area contributed by atoms with E-state index in [9.17, 15) is 0 Å². The fraction of sp³-hybridized carbons (Fsp3) is 0.111. The van der Waals surface area contributed by atoms with E-state index in [2.05, 4.69) is 4.98 Å². The summed E-state index contributed by atoms with van der Waals surface area (Å²) in [5.41, 5.74) is 2.04. The molecule has 0 aliphatic heterocycles. The predicted molar refractivity (Wildman–Crippen MR) is 88.8 cm³/mol. The molecular weight excluding hydrogens is 312 g/mol. The van der Waals surface area contributed by atoms with Crippen molar-refractivity contribution in [1.82, 2.24) is 4.98 Å². The number of nitriles is 1. The minimum Gasteiger partial charge on any atom is -0.493 e. The third kappa shape index (κ3) is 3.05. The zero-order chi connectivity index (χ0) is 16.2. The first-order chi connectivity index (χ1) is 11.2. The second-order valence-electron chi connectivity index (χ2n) is 4.89. The Morgan fingerprint density at radius 2 is 1.96 bits per heavy atom. The van der Waals surface area contributed by atoms with Crippen molar-refractivity contribution < 1.29 is 9.47 Å². The number of halogens is 1. The average Bonchev–Trinajstić information content (AvgIpc) is 2.60. The highest BCUT2D eigenvalue weighted by molar-refractivity contribution is 6.36. The molecule has 0 aliphatic rings. The monoisotopic (exact) mass is 324 g/mol. The summed E-state index contributed by atoms with van der Waals surface area (Å²) in [5.74, 6) is 1.13. The molecule has 23 heavy (non-hydrogen) atoms. The molecule has 1 heterocycles. The van der Waals surface area contributed by atoms with Crippen LogP contribution in [-0.2, 0) is 6.61 Å². The Labute approximate surface area is 138 Å². The van der Waals surface area contributed by atoms with E-state index >= 15 is 0 Å². The van der Waals surface area contributed by atoms with E-state index in [1.807, 2.05) is 36.4 Å². The lowest BCUT2D eigenvalue weighted by atomic mass is 10.1. The second kappa shape index (κ2) is 6.55. The van der Waals surface area contributed by atoms with Gasteiger partial charge in [-0.25, -0.2) is 0 Å². The minimum absolute atomic E-state index is 0.333. The van der Waals surface area contributed by atoms with Crippen LogP contribution in [0.4, 0.5) is 0 Å². The Bertz CT molecular complexity index is 889. The first-order valence-electron chi connectivity index (χ1n) is 6.96. The molecule has 0 unspecified atom stereocenters. The maximum Gasteiger partial charge on any atom is 0.163 e. The van der Waals surface area contributed by atoms with Crippen LogP contribution in [0.15, 0.2) is 48.7 Å². The second-order valence-corrected chi connectivity index (χ2v) is 5.27. The van der Waals surface area contributed by atoms with Crippen molar-refractivity contribution >= 4 is 22.5 Å². The Kier molecular flexibility index (Phi) is 4.31. The highest BCUT2D eigenvalue weighted by Crippen LogP contribution is 2.36. The molecular formula is C18H13ClN2O2. The molecule has 2 aromatic carbocycles. The molecule has 114 valence electrons. The summed E-state index contributed by atoms with van der Waals surface area (Å²) in [6, 6.07) is 15.4. The maximum absolute atomic E-state index is 9.04. The summed E-state index contributed by atoms with van der Waals surface area (Å²) in [6.45, 7) is 0.423. The fourth-order valence-corrected chi connectivity index (χ4v) is 2.50. The smallest absolute Gasteiger partial charge is 0.163 e. The van der Waals surface area contributed by atoms with Crippen LogP contribution in [0.5, 0.6) is 11.5 Å². The summed E-state index contributed by atoms with van der Waals surface area (Å²) >= 11 is 6.24. The Morgan fingerprint density at radius 1 is 1.17 bits per heavy atom. The van der Waals surface area contributed by atoms with E-state index in [4.69, 9.17) is 26.3 Å². The van der Waals surface area contributed by atoms with Crippen molar-refractivity contribution in [3.8, 4) is 17.6 Å². The molecule has 4 nitrogen and oxygen atoms in total. The number of rotatable bonds is 4. The number of pyridine rings is 1. The third-order valence-corrected chi connectivity index (χ3v) is 3.85. The van der Waals surface area contributed by atoms with E-state index in [1.54, 1.807) is 19.2 Å². The van der Waals surface area contributed by atoms with Crippen molar-refractivity contribution in [2.24, 2.45) is 0 Å². The summed E-state index contributed by atoms with van der Waals surface area (Å²) in [7, 11) is 1.56. The van der Waals surface area contributed by atoms with Crippen LogP contribution in [0.2, 0.25) is 5.02 Å². The molecule has 0 saturated heterocycles. The van der Waals surface area contributed by atoms with Crippen LogP contribution in [0.1, 0.15) is 11.1 Å². The van der Waals surface area contributed by atoms with Crippen molar-refractivity contribution in [3.63, 3.8) is 0 Å². The molecule has 3 rings (SSSR count). The molecule has 0 aliphatic carbocycles. The van der Waals surface area contributed by atoms with E-state index in [0.29, 0.717) is 39.6 Å². The molecule has 0 N–H and O–H groups in total. The molecule has 1 aromatic heterocycles. The van der Waals surface area contributed by atoms with Gasteiger partial charge in [-0.15, -0.1) is 0 Å². The highest BCUT2D eigenvalue weighted by atomic mass is 35.5. The molecule has 0 spiro atoms. The first-order valence-corrected chi connectivity index (χ1v) is 7.34. The molecule has 0 bridgehead atoms. The van der Waals surface area contributed by atoms with E-state index in [1.165, 1.54) is 6.20 Å². The number of nitrogens with zero attached hydrogens (tertiary/aromatic N) is 2. The molecule has 0 radical (unpaired) electrons. The standard InChI is InChI=1S/C18H13ClN2O2/c1-22-16-7-14-15(21-10-13(9-20)18(14)19)8-17(16)23-11-12-5-3-2-4-6-12/h2-8,10H,11H2,1H3. The van der Waals surface area contributed by atoms with Gasteiger partial charge in [0.2, 0.25) is 0 Å². The van der Waals surface area contributed by atoms with Crippen LogP contribution < -0.4 is 9.47 Å². The lowest BCUT2D eigenvalue weighted by Gasteiger charge is -2.12. The van der Waals surface area contributed by atoms with Crippen LogP contribution >= 0.6 is 11.6 Å². The van der Waals surface area contributed by atoms with Crippen molar-refractivity contribution in [3.05, 3.63) is 64.8 Å². The van der Waals surface area contributed by atoms with Gasteiger partial charge < -0.3 is 9.47 Å². The fourth-order valence-electron chi connectivity index (χ4n) is 2.25. The van der Waals surface area contributed by atoms with Gasteiger partial charge in [0, 0.05) is 17.6 Å². The van der Waals surface area contributed by atoms with Gasteiger partial charge in [0.05, 0.1) is 23.2 Å². The van der Waals surface area contributed by atoms with Crippen molar-refractivity contribution in [1.29, 1.82) is 5.26 Å². The van der Waals surface area contributed by atoms with Gasteiger partial charge in [-0.1, -0.05) is 41.9 Å². The van der Waals surface area contributed by atoms with Crippen LogP contribution in [0.25, 0.3) is 10.9 Å². The quantitative estimate of drug-likeness (QED) is 0.716. The average molecular weight is 325 g/mol. The molecule has 5 heteroatoms. The van der Waals surface area contributed by atoms with Gasteiger partial charge in [-0.3, -0.25) is 4.98 Å². The lowest BCUT2D eigenvalue weighted by Crippen LogP contribution is -1.98. The predicted octanol–water partition coefficient (Wildman–Crippen LogP) is 4.35. The van der Waals surface area contributed by atoms with Gasteiger partial charge in [0.15, 0.2) is 11.5 Å². The normalized spacial score (nSPS) is 10.3. The Hall–Kier alpha value is -2.77. The van der Waals surface area contributed by atoms with Crippen molar-refractivity contribution in [2.45, 2.75) is 6.61 Å². The first kappa shape index (κ1) is 15.1. The SMILES string of the molecule is COc1cc2c(Cl)c(C#N)cnc2cc1OCc1ccccc1. The number of fused-ring (bicyclic) bond motifs is 1. The van der Waals surface area contributed by atoms with Gasteiger partial charge in [-0.05, 0) is 11.6 Å². The van der Waals surface area contributed by atoms with Crippen LogP contribution in [-0.4, -0.2) is 12.1 Å². The minimum atomic E-state index is 0.333. The van der Waals surface area contributed by atoms with Gasteiger partial charge in [-0.2, -0.15) is 5.26 Å². The summed E-state index contributed by atoms with van der Waals surface area (Å²) in [6.07, 6.45) is 1.46. The van der Waals surface area contributed by atoms with Gasteiger partial charge >= 0.3 is 0 Å². The van der Waals surface area contributed by atoms with Crippen molar-refractivity contribution in [2.75, 3.05) is 7.11 Å². The largest absolute Gasteiger partial charge is 0.493 e. The molecule has 0 atom stereocenters. The van der Waals surface area contributed by atoms with Gasteiger partial charge in [0.1, 0.15) is 12.7 Å². The highest BCUT2D eigenvalue weighted by Gasteiger charge is 2.13. The Balaban J connectivity index is 1.99. The number of benzene rings is 2. The maximum atomic E-state index is 9.04. The summed E-state index contributed by atoms with van der Waals surface area (Å²) < 4.78 is 11.2. The number of methoxy groups -OCH3 is 1. The lowest BCUT2D eigenvalue weighted by molar-refractivity contribution is 0.285. The van der Waals surface area contributed by atoms with E-state index < -0.39 is 0 Å². The van der Waals surface area contributed by atoms with Crippen LogP contribution in [0.3, 0.4) is 0 Å². The number of hydrogen-bond acceptors (Lipinski definition) is 4. The summed E-state index contributed by atoms with van der Waals surface area (Å²) in [5, 5.41) is 10.1. The molecule has 0 fully saturated rings. The Morgan fingerprint density at radius 3 is 2.65 bits per heavy atom. The van der Waals surface area contributed by atoms with E-state index in [0.717, 1.165) is 5.56 Å². The molecule has 0 saturated carbocycles. The van der Waals surface area contributed by atoms with Crippen LogP contribution in [0, 0.1) is 11.3 Å². The van der Waals surface area contributed by atoms with Gasteiger partial charge in [0.25, 0.3) is 0 Å². The number of ether oxygens (including phenoxy) is 2. The van der Waals surface area contributed by atoms with E-state index in [-0.39, 0.29) is 0 Å². The zero-order valence-corrected chi connectivity index (χ0v) is 13.2. The molecule has 0 amide bonds. The number of aromatic nitrogens is 1. The summed E-state index contributed by atoms with van der Waals surface area (Å²) in [4.78, 5) is 4.26. The topological polar surface area (TPSA) is 55.1 Å². The third-order valence-electron chi connectivity index (χ3n) is 3.45. The zero-order valence-electron chi connectivity index (χ0n) is 12.4. The molecule has 3 aromatic rings. The number of hydrogen-bond donors (Lipinski definition) is 0.